The summed E-state index contributed by atoms with van der Waals surface area (Å²) >= 11 is 0. The minimum Gasteiger partial charge on any atom is -0.370 e. The molecule has 0 aliphatic carbocycles. The first-order valence-corrected chi connectivity index (χ1v) is 9.08. The molecule has 0 unspecified atom stereocenters. The van der Waals surface area contributed by atoms with Crippen molar-refractivity contribution < 1.29 is 8.42 Å². The van der Waals surface area contributed by atoms with E-state index in [1.54, 1.807) is 24.3 Å². The van der Waals surface area contributed by atoms with E-state index in [2.05, 4.69) is 14.6 Å². The predicted molar refractivity (Wildman–Crippen MR) is 88.1 cm³/mol. The second-order valence-electron chi connectivity index (χ2n) is 5.43. The number of nitrogens with zero attached hydrogens (tertiary/aromatic N) is 2. The fourth-order valence-electron chi connectivity index (χ4n) is 2.46. The van der Waals surface area contributed by atoms with Crippen LogP contribution in [0, 0.1) is 0 Å². The fourth-order valence-corrected chi connectivity index (χ4v) is 3.19. The SMILES string of the molecule is CNS(=O)(=O)c1ccc(CN=C(N)N2CCCCCC2)cc1. The van der Waals surface area contributed by atoms with Gasteiger partial charge in [0.25, 0.3) is 0 Å². The van der Waals surface area contributed by atoms with E-state index >= 15 is 0 Å². The highest BCUT2D eigenvalue weighted by molar-refractivity contribution is 7.89. The van der Waals surface area contributed by atoms with Crippen LogP contribution < -0.4 is 10.5 Å². The van der Waals surface area contributed by atoms with Crippen molar-refractivity contribution in [2.45, 2.75) is 37.1 Å². The Bertz CT molecular complexity index is 603. The number of likely N-dealkylation sites (tertiary alicyclic amines) is 1. The minimum atomic E-state index is -3.39. The Balaban J connectivity index is 2.00. The molecule has 3 N–H and O–H groups in total. The van der Waals surface area contributed by atoms with Crippen molar-refractivity contribution in [3.05, 3.63) is 29.8 Å². The Kier molecular flexibility index (Phi) is 5.79. The van der Waals surface area contributed by atoms with Gasteiger partial charge in [0.2, 0.25) is 10.0 Å². The zero-order valence-corrected chi connectivity index (χ0v) is 13.8. The first-order valence-electron chi connectivity index (χ1n) is 7.60. The van der Waals surface area contributed by atoms with Crippen molar-refractivity contribution in [3.63, 3.8) is 0 Å². The first kappa shape index (κ1) is 16.8. The van der Waals surface area contributed by atoms with Gasteiger partial charge in [-0.2, -0.15) is 0 Å². The molecule has 0 aromatic heterocycles. The molecule has 1 saturated heterocycles. The average molecular weight is 324 g/mol. The van der Waals surface area contributed by atoms with E-state index in [9.17, 15) is 8.42 Å². The molecule has 1 aromatic rings. The van der Waals surface area contributed by atoms with Crippen molar-refractivity contribution >= 4 is 16.0 Å². The van der Waals surface area contributed by atoms with Gasteiger partial charge in [0.05, 0.1) is 11.4 Å². The van der Waals surface area contributed by atoms with Gasteiger partial charge < -0.3 is 10.6 Å². The van der Waals surface area contributed by atoms with Gasteiger partial charge in [-0.05, 0) is 37.6 Å². The maximum absolute atomic E-state index is 11.7. The number of hydrogen-bond donors (Lipinski definition) is 2. The highest BCUT2D eigenvalue weighted by atomic mass is 32.2. The number of rotatable bonds is 4. The molecule has 1 heterocycles. The third-order valence-electron chi connectivity index (χ3n) is 3.86. The van der Waals surface area contributed by atoms with E-state index in [4.69, 9.17) is 5.73 Å². The van der Waals surface area contributed by atoms with Gasteiger partial charge in [0, 0.05) is 13.1 Å². The quantitative estimate of drug-likeness (QED) is 0.645. The molecule has 0 spiro atoms. The van der Waals surface area contributed by atoms with Crippen molar-refractivity contribution in [1.29, 1.82) is 0 Å². The molecule has 1 aromatic carbocycles. The summed E-state index contributed by atoms with van der Waals surface area (Å²) in [4.78, 5) is 6.81. The van der Waals surface area contributed by atoms with E-state index in [1.165, 1.54) is 19.9 Å². The van der Waals surface area contributed by atoms with Crippen LogP contribution in [0.15, 0.2) is 34.2 Å². The number of nitrogens with one attached hydrogen (secondary N) is 1. The van der Waals surface area contributed by atoms with Gasteiger partial charge in [-0.1, -0.05) is 25.0 Å². The highest BCUT2D eigenvalue weighted by Gasteiger charge is 2.12. The molecule has 0 radical (unpaired) electrons. The molecule has 122 valence electrons. The Labute approximate surface area is 132 Å². The molecule has 1 aliphatic rings. The second-order valence-corrected chi connectivity index (χ2v) is 7.31. The summed E-state index contributed by atoms with van der Waals surface area (Å²) in [5, 5.41) is 0. The molecule has 0 atom stereocenters. The number of aliphatic imine (C=N–C) groups is 1. The molecule has 7 heteroatoms. The summed E-state index contributed by atoms with van der Waals surface area (Å²) in [7, 11) is -1.99. The summed E-state index contributed by atoms with van der Waals surface area (Å²) in [6.07, 6.45) is 4.83. The molecule has 2 rings (SSSR count). The smallest absolute Gasteiger partial charge is 0.240 e. The lowest BCUT2D eigenvalue weighted by Gasteiger charge is -2.21. The standard InChI is InChI=1S/C15H24N4O2S/c1-17-22(20,21)14-8-6-13(7-9-14)12-18-15(16)19-10-4-2-3-5-11-19/h6-9,17H,2-5,10-12H2,1H3,(H2,16,18). The van der Waals surface area contributed by atoms with Gasteiger partial charge >= 0.3 is 0 Å². The fraction of sp³-hybridized carbons (Fsp3) is 0.533. The molecule has 0 saturated carbocycles. The molecule has 0 amide bonds. The second kappa shape index (κ2) is 7.60. The van der Waals surface area contributed by atoms with E-state index in [0.717, 1.165) is 31.5 Å². The topological polar surface area (TPSA) is 87.8 Å². The van der Waals surface area contributed by atoms with E-state index in [-0.39, 0.29) is 4.90 Å². The van der Waals surface area contributed by atoms with Gasteiger partial charge in [0.1, 0.15) is 0 Å². The summed E-state index contributed by atoms with van der Waals surface area (Å²) in [5.74, 6) is 0.578. The summed E-state index contributed by atoms with van der Waals surface area (Å²) in [5.41, 5.74) is 6.99. The number of hydrogen-bond acceptors (Lipinski definition) is 3. The molecule has 22 heavy (non-hydrogen) atoms. The Morgan fingerprint density at radius 3 is 2.32 bits per heavy atom. The largest absolute Gasteiger partial charge is 0.370 e. The summed E-state index contributed by atoms with van der Waals surface area (Å²) in [6.45, 7) is 2.39. The monoisotopic (exact) mass is 324 g/mol. The van der Waals surface area contributed by atoms with Crippen LogP contribution in [-0.2, 0) is 16.6 Å². The normalized spacial score (nSPS) is 17.3. The number of sulfonamides is 1. The van der Waals surface area contributed by atoms with Crippen molar-refractivity contribution in [2.75, 3.05) is 20.1 Å². The lowest BCUT2D eigenvalue weighted by molar-refractivity contribution is 0.428. The minimum absolute atomic E-state index is 0.253. The molecule has 0 bridgehead atoms. The van der Waals surface area contributed by atoms with Crippen LogP contribution in [0.5, 0.6) is 0 Å². The van der Waals surface area contributed by atoms with E-state index < -0.39 is 10.0 Å². The highest BCUT2D eigenvalue weighted by Crippen LogP contribution is 2.12. The van der Waals surface area contributed by atoms with Crippen LogP contribution in [0.4, 0.5) is 0 Å². The van der Waals surface area contributed by atoms with Gasteiger partial charge in [0.15, 0.2) is 5.96 Å². The predicted octanol–water partition coefficient (Wildman–Crippen LogP) is 1.29. The Morgan fingerprint density at radius 2 is 1.77 bits per heavy atom. The van der Waals surface area contributed by atoms with E-state index in [1.807, 2.05) is 0 Å². The number of guanidine groups is 1. The summed E-state index contributed by atoms with van der Waals surface area (Å²) in [6, 6.07) is 6.70. The lowest BCUT2D eigenvalue weighted by Crippen LogP contribution is -2.38. The van der Waals surface area contributed by atoms with Crippen LogP contribution in [-0.4, -0.2) is 39.4 Å². The van der Waals surface area contributed by atoms with E-state index in [0.29, 0.717) is 12.5 Å². The van der Waals surface area contributed by atoms with Crippen molar-refractivity contribution in [2.24, 2.45) is 10.7 Å². The van der Waals surface area contributed by atoms with Crippen LogP contribution in [0.2, 0.25) is 0 Å². The maximum Gasteiger partial charge on any atom is 0.240 e. The van der Waals surface area contributed by atoms with Crippen LogP contribution in [0.1, 0.15) is 31.2 Å². The Morgan fingerprint density at radius 1 is 1.18 bits per heavy atom. The number of benzene rings is 1. The van der Waals surface area contributed by atoms with Crippen LogP contribution >= 0.6 is 0 Å². The van der Waals surface area contributed by atoms with Crippen molar-refractivity contribution in [1.82, 2.24) is 9.62 Å². The molecular formula is C15H24N4O2S. The maximum atomic E-state index is 11.7. The molecule has 1 fully saturated rings. The molecule has 1 aliphatic heterocycles. The third kappa shape index (κ3) is 4.45. The van der Waals surface area contributed by atoms with Gasteiger partial charge in [-0.15, -0.1) is 0 Å². The van der Waals surface area contributed by atoms with Crippen molar-refractivity contribution in [3.8, 4) is 0 Å². The molecule has 6 nitrogen and oxygen atoms in total. The lowest BCUT2D eigenvalue weighted by atomic mass is 10.2. The first-order chi connectivity index (χ1) is 10.5. The Hall–Kier alpha value is -1.60. The average Bonchev–Trinajstić information content (AvgIpc) is 2.82. The van der Waals surface area contributed by atoms with Crippen LogP contribution in [0.25, 0.3) is 0 Å². The zero-order chi connectivity index (χ0) is 16.0. The summed E-state index contributed by atoms with van der Waals surface area (Å²) < 4.78 is 25.6. The van der Waals surface area contributed by atoms with Gasteiger partial charge in [-0.3, -0.25) is 0 Å². The molecular weight excluding hydrogens is 300 g/mol. The number of nitrogens with two attached hydrogens (primary N) is 1. The third-order valence-corrected chi connectivity index (χ3v) is 5.29. The van der Waals surface area contributed by atoms with Crippen LogP contribution in [0.3, 0.4) is 0 Å². The zero-order valence-electron chi connectivity index (χ0n) is 13.0. The van der Waals surface area contributed by atoms with Gasteiger partial charge in [-0.25, -0.2) is 18.1 Å².